The van der Waals surface area contributed by atoms with Crippen LogP contribution in [0.5, 0.6) is 0 Å². The summed E-state index contributed by atoms with van der Waals surface area (Å²) < 4.78 is 0. The van der Waals surface area contributed by atoms with Crippen molar-refractivity contribution in [2.75, 3.05) is 13.1 Å². The highest BCUT2D eigenvalue weighted by Gasteiger charge is 2.18. The predicted octanol–water partition coefficient (Wildman–Crippen LogP) is 3.02. The van der Waals surface area contributed by atoms with Crippen LogP contribution in [-0.2, 0) is 0 Å². The molecule has 0 spiro atoms. The van der Waals surface area contributed by atoms with Crippen molar-refractivity contribution in [2.45, 2.75) is 0 Å². The Morgan fingerprint density at radius 2 is 1.37 bits per heavy atom. The van der Waals surface area contributed by atoms with Crippen molar-refractivity contribution >= 4 is 21.5 Å². The fraction of sp³-hybridized carbons (Fsp3) is 0.118. The summed E-state index contributed by atoms with van der Waals surface area (Å²) in [7, 11) is 0. The molecule has 3 aromatic carbocycles. The molecule has 0 amide bonds. The van der Waals surface area contributed by atoms with Gasteiger partial charge in [-0.2, -0.15) is 0 Å². The molecule has 0 aliphatic carbocycles. The molecule has 0 unspecified atom stereocenters. The Labute approximate surface area is 112 Å². The molecule has 2 N–H and O–H groups in total. The molecule has 1 fully saturated rings. The zero-order valence-electron chi connectivity index (χ0n) is 10.6. The van der Waals surface area contributed by atoms with Crippen molar-refractivity contribution < 1.29 is 0 Å². The van der Waals surface area contributed by atoms with E-state index < -0.39 is 0 Å². The number of fused-ring (bicyclic) bond motifs is 2. The van der Waals surface area contributed by atoms with Crippen molar-refractivity contribution in [3.8, 4) is 0 Å². The fourth-order valence-electron chi connectivity index (χ4n) is 2.81. The van der Waals surface area contributed by atoms with Gasteiger partial charge in [-0.15, -0.1) is 0 Å². The van der Waals surface area contributed by atoms with Gasteiger partial charge < -0.3 is 0 Å². The normalized spacial score (nSPS) is 16.4. The van der Waals surface area contributed by atoms with Crippen LogP contribution in [0.25, 0.3) is 21.5 Å². The van der Waals surface area contributed by atoms with Crippen molar-refractivity contribution in [3.05, 3.63) is 66.3 Å². The number of rotatable bonds is 1. The minimum atomic E-state index is 0.999. The highest BCUT2D eigenvalue weighted by Crippen LogP contribution is 2.28. The van der Waals surface area contributed by atoms with Gasteiger partial charge in [0.2, 0.25) is 0 Å². The quantitative estimate of drug-likeness (QED) is 0.646. The van der Waals surface area contributed by atoms with Crippen molar-refractivity contribution in [3.63, 3.8) is 0 Å². The lowest BCUT2D eigenvalue weighted by Gasteiger charge is -2.13. The molecule has 0 bridgehead atoms. The number of nitrogens with one attached hydrogen (secondary N) is 2. The molecule has 0 saturated carbocycles. The van der Waals surface area contributed by atoms with E-state index in [1.54, 1.807) is 0 Å². The van der Waals surface area contributed by atoms with Gasteiger partial charge in [-0.1, -0.05) is 42.5 Å². The van der Waals surface area contributed by atoms with E-state index in [9.17, 15) is 0 Å². The first kappa shape index (κ1) is 11.0. The summed E-state index contributed by atoms with van der Waals surface area (Å²) in [6, 6.07) is 19.6. The van der Waals surface area contributed by atoms with Crippen molar-refractivity contribution in [2.24, 2.45) is 0 Å². The largest absolute Gasteiger partial charge is 0.291 e. The predicted molar refractivity (Wildman–Crippen MR) is 79.8 cm³/mol. The minimum absolute atomic E-state index is 0.999. The van der Waals surface area contributed by atoms with Crippen LogP contribution in [-0.4, -0.2) is 13.1 Å². The second-order valence-electron chi connectivity index (χ2n) is 4.95. The average molecular weight is 247 g/mol. The Balaban J connectivity index is 2.00. The Bertz CT molecular complexity index is 742. The van der Waals surface area contributed by atoms with Crippen LogP contribution in [0.1, 0.15) is 5.56 Å². The zero-order chi connectivity index (χ0) is 12.7. The summed E-state index contributed by atoms with van der Waals surface area (Å²) in [6.07, 6.45) is 1.15. The molecule has 0 aromatic heterocycles. The van der Waals surface area contributed by atoms with Gasteiger partial charge in [0.05, 0.1) is 0 Å². The lowest BCUT2D eigenvalue weighted by molar-refractivity contribution is 0.816. The minimum Gasteiger partial charge on any atom is -0.291 e. The lowest BCUT2D eigenvalue weighted by Crippen LogP contribution is -2.22. The Hall–Kier alpha value is -1.90. The molecule has 1 aliphatic rings. The summed E-state index contributed by atoms with van der Waals surface area (Å²) in [5.41, 5.74) is 1.26. The van der Waals surface area contributed by atoms with Gasteiger partial charge in [0, 0.05) is 13.1 Å². The monoisotopic (exact) mass is 247 g/mol. The Kier molecular flexibility index (Phi) is 2.50. The second-order valence-corrected chi connectivity index (χ2v) is 4.95. The third-order valence-corrected chi connectivity index (χ3v) is 3.74. The van der Waals surface area contributed by atoms with E-state index in [1.165, 1.54) is 27.1 Å². The molecule has 1 saturated heterocycles. The van der Waals surface area contributed by atoms with Crippen molar-refractivity contribution in [1.29, 1.82) is 0 Å². The van der Waals surface area contributed by atoms with Crippen molar-refractivity contribution in [1.82, 2.24) is 10.6 Å². The van der Waals surface area contributed by atoms with E-state index in [-0.39, 0.29) is 0 Å². The maximum atomic E-state index is 3.42. The highest BCUT2D eigenvalue weighted by atomic mass is 15.2. The number of benzene rings is 3. The molecule has 3 aromatic rings. The molecule has 2 nitrogen and oxygen atoms in total. The second kappa shape index (κ2) is 4.34. The SMILES string of the molecule is c1ccc2cc3c([C]4NCCN4)cccc3cc2c1. The van der Waals surface area contributed by atoms with E-state index in [0.29, 0.717) is 0 Å². The summed E-state index contributed by atoms with van der Waals surface area (Å²) in [5, 5.41) is 12.0. The Morgan fingerprint density at radius 3 is 2.16 bits per heavy atom. The molecule has 0 atom stereocenters. The molecule has 1 radical (unpaired) electrons. The van der Waals surface area contributed by atoms with Crippen LogP contribution in [0, 0.1) is 6.17 Å². The molecule has 1 aliphatic heterocycles. The Morgan fingerprint density at radius 1 is 0.684 bits per heavy atom. The third-order valence-electron chi connectivity index (χ3n) is 3.74. The molecular weight excluding hydrogens is 232 g/mol. The van der Waals surface area contributed by atoms with Gasteiger partial charge in [-0.3, -0.25) is 10.6 Å². The van der Waals surface area contributed by atoms with Crippen LogP contribution in [0.15, 0.2) is 54.6 Å². The molecule has 4 rings (SSSR count). The summed E-state index contributed by atoms with van der Waals surface area (Å²) in [6.45, 7) is 2.00. The molecule has 93 valence electrons. The van der Waals surface area contributed by atoms with E-state index in [2.05, 4.69) is 65.2 Å². The van der Waals surface area contributed by atoms with Gasteiger partial charge in [0.1, 0.15) is 6.17 Å². The lowest BCUT2D eigenvalue weighted by atomic mass is 9.98. The van der Waals surface area contributed by atoms with Crippen LogP contribution < -0.4 is 10.6 Å². The maximum Gasteiger partial charge on any atom is 0.132 e. The maximum absolute atomic E-state index is 3.42. The van der Waals surface area contributed by atoms with Gasteiger partial charge >= 0.3 is 0 Å². The van der Waals surface area contributed by atoms with Gasteiger partial charge in [-0.25, -0.2) is 0 Å². The van der Waals surface area contributed by atoms with Gasteiger partial charge in [0.25, 0.3) is 0 Å². The number of hydrogen-bond donors (Lipinski definition) is 2. The summed E-state index contributed by atoms with van der Waals surface area (Å²) >= 11 is 0. The molecule has 1 heterocycles. The molecule has 2 heteroatoms. The van der Waals surface area contributed by atoms with Crippen LogP contribution in [0.3, 0.4) is 0 Å². The highest BCUT2D eigenvalue weighted by molar-refractivity contribution is 6.00. The van der Waals surface area contributed by atoms with Crippen LogP contribution in [0.2, 0.25) is 0 Å². The van der Waals surface area contributed by atoms with E-state index >= 15 is 0 Å². The third kappa shape index (κ3) is 1.81. The first-order chi connectivity index (χ1) is 9.42. The van der Waals surface area contributed by atoms with Gasteiger partial charge in [0.15, 0.2) is 0 Å². The van der Waals surface area contributed by atoms with Gasteiger partial charge in [-0.05, 0) is 39.2 Å². The topological polar surface area (TPSA) is 24.1 Å². The van der Waals surface area contributed by atoms with E-state index in [1.807, 2.05) is 0 Å². The van der Waals surface area contributed by atoms with Crippen LogP contribution in [0.4, 0.5) is 0 Å². The first-order valence-electron chi connectivity index (χ1n) is 6.68. The fourth-order valence-corrected chi connectivity index (χ4v) is 2.81. The molecule has 19 heavy (non-hydrogen) atoms. The zero-order valence-corrected chi connectivity index (χ0v) is 10.6. The smallest absolute Gasteiger partial charge is 0.132 e. The molecular formula is C17H15N2. The average Bonchev–Trinajstić information content (AvgIpc) is 2.98. The summed E-state index contributed by atoms with van der Waals surface area (Å²) in [5.74, 6) is 0. The standard InChI is InChI=1S/C17H15N2/c1-2-5-13-11-16-14(10-12(13)4-1)6-3-7-15(16)17-18-8-9-19-17/h1-7,10-11,18-19H,8-9H2. The van der Waals surface area contributed by atoms with E-state index in [0.717, 1.165) is 19.3 Å². The summed E-state index contributed by atoms with van der Waals surface area (Å²) in [4.78, 5) is 0. The van der Waals surface area contributed by atoms with E-state index in [4.69, 9.17) is 0 Å². The number of hydrogen-bond acceptors (Lipinski definition) is 2. The first-order valence-corrected chi connectivity index (χ1v) is 6.68. The van der Waals surface area contributed by atoms with Crippen LogP contribution >= 0.6 is 0 Å².